The summed E-state index contributed by atoms with van der Waals surface area (Å²) in [5, 5.41) is 10.9. The summed E-state index contributed by atoms with van der Waals surface area (Å²) in [6.07, 6.45) is 0. The Bertz CT molecular complexity index is 689. The molecule has 0 atom stereocenters. The maximum atomic E-state index is 13.4. The molecule has 1 aromatic carbocycles. The van der Waals surface area contributed by atoms with Crippen molar-refractivity contribution >= 4 is 17.6 Å². The van der Waals surface area contributed by atoms with E-state index in [9.17, 15) is 18.4 Å². The average molecular weight is 278 g/mol. The number of rotatable bonds is 3. The number of anilines is 1. The molecule has 2 rings (SSSR count). The molecule has 1 aromatic heterocycles. The predicted molar refractivity (Wildman–Crippen MR) is 65.5 cm³/mol. The number of carbonyl (C=O) groups is 2. The van der Waals surface area contributed by atoms with Crippen LogP contribution in [0.25, 0.3) is 0 Å². The molecule has 102 valence electrons. The highest BCUT2D eigenvalue weighted by atomic mass is 19.1. The number of hydrogen-bond donors (Lipinski definition) is 2. The molecule has 0 fully saturated rings. The highest BCUT2D eigenvalue weighted by molar-refractivity contribution is 6.03. The molecule has 1 heterocycles. The number of nitrogens with one attached hydrogen (secondary N) is 1. The molecule has 5 nitrogen and oxygen atoms in total. The molecule has 2 N–H and O–H groups in total. The van der Waals surface area contributed by atoms with Gasteiger partial charge in [-0.15, -0.1) is 0 Å². The Morgan fingerprint density at radius 2 is 1.80 bits per heavy atom. The lowest BCUT2D eigenvalue weighted by atomic mass is 10.2. The number of aromatic carboxylic acids is 1. The summed E-state index contributed by atoms with van der Waals surface area (Å²) in [6, 6.07) is 6.39. The normalized spacial score (nSPS) is 10.1. The molecular formula is C13H8F2N2O3. The molecule has 1 amide bonds. The zero-order chi connectivity index (χ0) is 14.7. The number of carboxylic acid groups (broad SMARTS) is 1. The molecule has 20 heavy (non-hydrogen) atoms. The van der Waals surface area contributed by atoms with E-state index in [2.05, 4.69) is 10.3 Å². The summed E-state index contributed by atoms with van der Waals surface area (Å²) in [6.45, 7) is 0. The zero-order valence-corrected chi connectivity index (χ0v) is 9.93. The van der Waals surface area contributed by atoms with Crippen LogP contribution in [0, 0.1) is 11.6 Å². The van der Waals surface area contributed by atoms with Crippen molar-refractivity contribution in [2.45, 2.75) is 0 Å². The number of halogens is 2. The van der Waals surface area contributed by atoms with E-state index >= 15 is 0 Å². The van der Waals surface area contributed by atoms with Gasteiger partial charge in [0.15, 0.2) is 0 Å². The van der Waals surface area contributed by atoms with Gasteiger partial charge < -0.3 is 10.4 Å². The molecule has 7 heteroatoms. The van der Waals surface area contributed by atoms with E-state index in [1.807, 2.05) is 0 Å². The quantitative estimate of drug-likeness (QED) is 0.903. The standard InChI is InChI=1S/C13H8F2N2O3/c14-7-4-5-8(15)11(6-7)17-12(18)9-2-1-3-10(16-9)13(19)20/h1-6H,(H,17,18)(H,19,20). The third-order valence-electron chi connectivity index (χ3n) is 2.38. The van der Waals surface area contributed by atoms with Crippen LogP contribution in [-0.2, 0) is 0 Å². The van der Waals surface area contributed by atoms with Crippen LogP contribution in [0.3, 0.4) is 0 Å². The molecule has 0 spiro atoms. The van der Waals surface area contributed by atoms with E-state index in [-0.39, 0.29) is 17.1 Å². The van der Waals surface area contributed by atoms with Crippen molar-refractivity contribution in [3.63, 3.8) is 0 Å². The Labute approximate surface area is 111 Å². The van der Waals surface area contributed by atoms with E-state index in [1.165, 1.54) is 18.2 Å². The number of benzene rings is 1. The van der Waals surface area contributed by atoms with Gasteiger partial charge in [0, 0.05) is 6.07 Å². The maximum absolute atomic E-state index is 13.4. The lowest BCUT2D eigenvalue weighted by Gasteiger charge is -2.06. The van der Waals surface area contributed by atoms with Gasteiger partial charge in [-0.2, -0.15) is 0 Å². The second-order valence-electron chi connectivity index (χ2n) is 3.79. The lowest BCUT2D eigenvalue weighted by molar-refractivity contribution is 0.0690. The molecule has 0 radical (unpaired) electrons. The minimum Gasteiger partial charge on any atom is -0.477 e. The van der Waals surface area contributed by atoms with Crippen LogP contribution in [0.15, 0.2) is 36.4 Å². The molecule has 2 aromatic rings. The topological polar surface area (TPSA) is 79.3 Å². The first-order chi connectivity index (χ1) is 9.47. The molecule has 0 aliphatic heterocycles. The molecule has 0 aliphatic carbocycles. The van der Waals surface area contributed by atoms with Gasteiger partial charge >= 0.3 is 5.97 Å². The summed E-state index contributed by atoms with van der Waals surface area (Å²) in [4.78, 5) is 26.1. The van der Waals surface area contributed by atoms with Crippen LogP contribution in [-0.4, -0.2) is 22.0 Å². The van der Waals surface area contributed by atoms with Gasteiger partial charge in [0.2, 0.25) is 0 Å². The fourth-order valence-electron chi connectivity index (χ4n) is 1.46. The molecular weight excluding hydrogens is 270 g/mol. The van der Waals surface area contributed by atoms with Gasteiger partial charge in [0.1, 0.15) is 23.0 Å². The highest BCUT2D eigenvalue weighted by Crippen LogP contribution is 2.16. The van der Waals surface area contributed by atoms with Crippen LogP contribution < -0.4 is 5.32 Å². The second kappa shape index (κ2) is 5.43. The summed E-state index contributed by atoms with van der Waals surface area (Å²) in [7, 11) is 0. The van der Waals surface area contributed by atoms with E-state index in [1.54, 1.807) is 0 Å². The smallest absolute Gasteiger partial charge is 0.354 e. The van der Waals surface area contributed by atoms with Crippen LogP contribution in [0.4, 0.5) is 14.5 Å². The second-order valence-corrected chi connectivity index (χ2v) is 3.79. The molecule has 0 saturated carbocycles. The number of pyridine rings is 1. The largest absolute Gasteiger partial charge is 0.477 e. The van der Waals surface area contributed by atoms with Gasteiger partial charge in [0.25, 0.3) is 5.91 Å². The lowest BCUT2D eigenvalue weighted by Crippen LogP contribution is -2.16. The molecule has 0 unspecified atom stereocenters. The number of aromatic nitrogens is 1. The third-order valence-corrected chi connectivity index (χ3v) is 2.38. The van der Waals surface area contributed by atoms with Crippen molar-refractivity contribution < 1.29 is 23.5 Å². The molecule has 0 bridgehead atoms. The summed E-state index contributed by atoms with van der Waals surface area (Å²) >= 11 is 0. The van der Waals surface area contributed by atoms with Crippen LogP contribution in [0.2, 0.25) is 0 Å². The van der Waals surface area contributed by atoms with Crippen molar-refractivity contribution in [2.24, 2.45) is 0 Å². The minimum atomic E-state index is -1.29. The van der Waals surface area contributed by atoms with E-state index < -0.39 is 23.5 Å². The summed E-state index contributed by atoms with van der Waals surface area (Å²) < 4.78 is 26.3. The van der Waals surface area contributed by atoms with Crippen LogP contribution in [0.1, 0.15) is 21.0 Å². The zero-order valence-electron chi connectivity index (χ0n) is 9.93. The van der Waals surface area contributed by atoms with Crippen molar-refractivity contribution in [1.29, 1.82) is 0 Å². The van der Waals surface area contributed by atoms with Gasteiger partial charge in [-0.3, -0.25) is 4.79 Å². The third kappa shape index (κ3) is 2.94. The fourth-order valence-corrected chi connectivity index (χ4v) is 1.46. The SMILES string of the molecule is O=C(O)c1cccc(C(=O)Nc2cc(F)ccc2F)n1. The monoisotopic (exact) mass is 278 g/mol. The Hall–Kier alpha value is -2.83. The minimum absolute atomic E-state index is 0.214. The van der Waals surface area contributed by atoms with Gasteiger partial charge in [0.05, 0.1) is 5.69 Å². The number of amides is 1. The number of carboxylic acids is 1. The Morgan fingerprint density at radius 1 is 1.10 bits per heavy atom. The first kappa shape index (κ1) is 13.6. The van der Waals surface area contributed by atoms with E-state index in [0.717, 1.165) is 18.2 Å². The number of hydrogen-bond acceptors (Lipinski definition) is 3. The fraction of sp³-hybridized carbons (Fsp3) is 0. The van der Waals surface area contributed by atoms with Crippen LogP contribution >= 0.6 is 0 Å². The van der Waals surface area contributed by atoms with Gasteiger partial charge in [-0.05, 0) is 24.3 Å². The Morgan fingerprint density at radius 3 is 2.50 bits per heavy atom. The predicted octanol–water partition coefficient (Wildman–Crippen LogP) is 2.31. The summed E-state index contributed by atoms with van der Waals surface area (Å²) in [5.74, 6) is -3.66. The van der Waals surface area contributed by atoms with Gasteiger partial charge in [-0.25, -0.2) is 18.6 Å². The van der Waals surface area contributed by atoms with Crippen molar-refractivity contribution in [1.82, 2.24) is 4.98 Å². The van der Waals surface area contributed by atoms with Gasteiger partial charge in [-0.1, -0.05) is 6.07 Å². The van der Waals surface area contributed by atoms with Crippen molar-refractivity contribution in [3.8, 4) is 0 Å². The first-order valence-corrected chi connectivity index (χ1v) is 5.44. The summed E-state index contributed by atoms with van der Waals surface area (Å²) in [5.41, 5.74) is -0.886. The Kier molecular flexibility index (Phi) is 3.69. The highest BCUT2D eigenvalue weighted by Gasteiger charge is 2.13. The van der Waals surface area contributed by atoms with E-state index in [0.29, 0.717) is 0 Å². The van der Waals surface area contributed by atoms with Crippen LogP contribution in [0.5, 0.6) is 0 Å². The first-order valence-electron chi connectivity index (χ1n) is 5.44. The molecule has 0 aliphatic rings. The molecule has 0 saturated heterocycles. The average Bonchev–Trinajstić information content (AvgIpc) is 2.43. The van der Waals surface area contributed by atoms with Crippen molar-refractivity contribution in [3.05, 3.63) is 59.4 Å². The number of nitrogens with zero attached hydrogens (tertiary/aromatic N) is 1. The van der Waals surface area contributed by atoms with Crippen molar-refractivity contribution in [2.75, 3.05) is 5.32 Å². The van der Waals surface area contributed by atoms with E-state index in [4.69, 9.17) is 5.11 Å². The Balaban J connectivity index is 2.26. The maximum Gasteiger partial charge on any atom is 0.354 e. The number of carbonyl (C=O) groups excluding carboxylic acids is 1.